The number of nitrogens with one attached hydrogen (secondary N) is 2. The van der Waals surface area contributed by atoms with Crippen LogP contribution in [-0.2, 0) is 4.74 Å². The maximum atomic E-state index is 11.4. The fourth-order valence-electron chi connectivity index (χ4n) is 1.25. The number of rotatable bonds is 4. The van der Waals surface area contributed by atoms with Crippen molar-refractivity contribution < 1.29 is 9.53 Å². The molecule has 7 heteroatoms. The quantitative estimate of drug-likeness (QED) is 0.583. The highest BCUT2D eigenvalue weighted by molar-refractivity contribution is 6.29. The van der Waals surface area contributed by atoms with Gasteiger partial charge in [0.1, 0.15) is 10.8 Å². The Kier molecular flexibility index (Phi) is 5.23. The van der Waals surface area contributed by atoms with Crippen LogP contribution in [0.3, 0.4) is 0 Å². The number of carbonyl (C=O) groups excluding carboxylic acids is 1. The molecule has 0 fully saturated rings. The van der Waals surface area contributed by atoms with Crippen LogP contribution in [0.5, 0.6) is 0 Å². The molecule has 0 aromatic carbocycles. The smallest absolute Gasteiger partial charge is 0.407 e. The van der Waals surface area contributed by atoms with Gasteiger partial charge in [0.2, 0.25) is 0 Å². The van der Waals surface area contributed by atoms with Crippen molar-refractivity contribution in [3.05, 3.63) is 17.3 Å². The van der Waals surface area contributed by atoms with Gasteiger partial charge in [-0.1, -0.05) is 11.6 Å². The van der Waals surface area contributed by atoms with Gasteiger partial charge < -0.3 is 21.1 Å². The molecule has 6 nitrogen and oxygen atoms in total. The SMILES string of the molecule is CC(C)(C)OC(=O)NCCNc1nc(Cl)ccc1N. The average molecular weight is 287 g/mol. The Balaban J connectivity index is 2.31. The van der Waals surface area contributed by atoms with Gasteiger partial charge in [-0.25, -0.2) is 9.78 Å². The van der Waals surface area contributed by atoms with Crippen molar-refractivity contribution in [2.75, 3.05) is 24.1 Å². The maximum absolute atomic E-state index is 11.4. The minimum absolute atomic E-state index is 0.358. The molecule has 4 N–H and O–H groups in total. The van der Waals surface area contributed by atoms with E-state index in [2.05, 4.69) is 15.6 Å². The number of alkyl carbamates (subject to hydrolysis) is 1. The van der Waals surface area contributed by atoms with E-state index in [0.29, 0.717) is 29.7 Å². The summed E-state index contributed by atoms with van der Waals surface area (Å²) in [5.74, 6) is 0.499. The third-order valence-corrected chi connectivity index (χ3v) is 2.19. The van der Waals surface area contributed by atoms with Crippen LogP contribution >= 0.6 is 11.6 Å². The third kappa shape index (κ3) is 6.15. The van der Waals surface area contributed by atoms with Crippen molar-refractivity contribution in [1.82, 2.24) is 10.3 Å². The third-order valence-electron chi connectivity index (χ3n) is 1.98. The predicted octanol–water partition coefficient (Wildman–Crippen LogP) is 2.25. The molecule has 1 amide bonds. The average Bonchev–Trinajstić information content (AvgIpc) is 2.26. The molecule has 19 heavy (non-hydrogen) atoms. The lowest BCUT2D eigenvalue weighted by molar-refractivity contribution is 0.0530. The van der Waals surface area contributed by atoms with E-state index >= 15 is 0 Å². The van der Waals surface area contributed by atoms with Crippen molar-refractivity contribution in [3.8, 4) is 0 Å². The summed E-state index contributed by atoms with van der Waals surface area (Å²) in [6.07, 6.45) is -0.457. The molecule has 0 aliphatic heterocycles. The molecule has 0 spiro atoms. The van der Waals surface area contributed by atoms with Crippen LogP contribution in [0, 0.1) is 0 Å². The molecule has 106 valence electrons. The summed E-state index contributed by atoms with van der Waals surface area (Å²) in [4.78, 5) is 15.4. The van der Waals surface area contributed by atoms with Gasteiger partial charge in [-0.15, -0.1) is 0 Å². The second-order valence-corrected chi connectivity index (χ2v) is 5.31. The first-order valence-electron chi connectivity index (χ1n) is 5.91. The highest BCUT2D eigenvalue weighted by Crippen LogP contribution is 2.17. The van der Waals surface area contributed by atoms with E-state index in [4.69, 9.17) is 22.1 Å². The second kappa shape index (κ2) is 6.47. The molecule has 0 unspecified atom stereocenters. The molecule has 0 saturated carbocycles. The summed E-state index contributed by atoms with van der Waals surface area (Å²) in [7, 11) is 0. The second-order valence-electron chi connectivity index (χ2n) is 4.93. The van der Waals surface area contributed by atoms with E-state index in [-0.39, 0.29) is 0 Å². The summed E-state index contributed by atoms with van der Waals surface area (Å²) in [5.41, 5.74) is 5.72. The maximum Gasteiger partial charge on any atom is 0.407 e. The molecule has 1 aromatic heterocycles. The zero-order valence-electron chi connectivity index (χ0n) is 11.3. The van der Waals surface area contributed by atoms with E-state index in [1.165, 1.54) is 0 Å². The highest BCUT2D eigenvalue weighted by atomic mass is 35.5. The van der Waals surface area contributed by atoms with E-state index in [1.807, 2.05) is 0 Å². The van der Waals surface area contributed by atoms with Crippen molar-refractivity contribution in [3.63, 3.8) is 0 Å². The molecule has 1 heterocycles. The van der Waals surface area contributed by atoms with E-state index in [9.17, 15) is 4.79 Å². The Morgan fingerprint density at radius 2 is 2.11 bits per heavy atom. The summed E-state index contributed by atoms with van der Waals surface area (Å²) in [5, 5.41) is 5.96. The number of nitrogens with zero attached hydrogens (tertiary/aromatic N) is 1. The Morgan fingerprint density at radius 3 is 2.74 bits per heavy atom. The minimum Gasteiger partial charge on any atom is -0.444 e. The fraction of sp³-hybridized carbons (Fsp3) is 0.500. The minimum atomic E-state index is -0.504. The van der Waals surface area contributed by atoms with E-state index in [1.54, 1.807) is 32.9 Å². The van der Waals surface area contributed by atoms with Crippen LogP contribution < -0.4 is 16.4 Å². The monoisotopic (exact) mass is 286 g/mol. The number of halogens is 1. The number of nitrogens with two attached hydrogens (primary N) is 1. The normalized spacial score (nSPS) is 10.9. The van der Waals surface area contributed by atoms with Gasteiger partial charge in [-0.3, -0.25) is 0 Å². The molecular formula is C12H19ClN4O2. The van der Waals surface area contributed by atoms with Crippen molar-refractivity contribution in [1.29, 1.82) is 0 Å². The lowest BCUT2D eigenvalue weighted by Crippen LogP contribution is -2.35. The molecule has 0 saturated heterocycles. The Bertz CT molecular complexity index is 446. The molecule has 0 aliphatic carbocycles. The molecular weight excluding hydrogens is 268 g/mol. The van der Waals surface area contributed by atoms with Crippen molar-refractivity contribution >= 4 is 29.2 Å². The van der Waals surface area contributed by atoms with Crippen LogP contribution in [-0.4, -0.2) is 29.8 Å². The number of hydrogen-bond acceptors (Lipinski definition) is 5. The van der Waals surface area contributed by atoms with Gasteiger partial charge in [0.25, 0.3) is 0 Å². The number of ether oxygens (including phenoxy) is 1. The standard InChI is InChI=1S/C12H19ClN4O2/c1-12(2,3)19-11(18)16-7-6-15-10-8(14)4-5-9(13)17-10/h4-5H,6-7,14H2,1-3H3,(H,15,17)(H,16,18). The summed E-state index contributed by atoms with van der Waals surface area (Å²) < 4.78 is 5.09. The lowest BCUT2D eigenvalue weighted by atomic mass is 10.2. The summed E-state index contributed by atoms with van der Waals surface area (Å²) in [6, 6.07) is 3.28. The van der Waals surface area contributed by atoms with Crippen LogP contribution in [0.25, 0.3) is 0 Å². The van der Waals surface area contributed by atoms with E-state index < -0.39 is 11.7 Å². The number of carbonyl (C=O) groups is 1. The van der Waals surface area contributed by atoms with Crippen LogP contribution in [0.4, 0.5) is 16.3 Å². The Hall–Kier alpha value is -1.69. The molecule has 0 aliphatic rings. The fourth-order valence-corrected chi connectivity index (χ4v) is 1.39. The first kappa shape index (κ1) is 15.4. The van der Waals surface area contributed by atoms with Crippen molar-refractivity contribution in [2.45, 2.75) is 26.4 Å². The van der Waals surface area contributed by atoms with Gasteiger partial charge in [-0.2, -0.15) is 0 Å². The van der Waals surface area contributed by atoms with Gasteiger partial charge in [0.15, 0.2) is 5.82 Å². The first-order chi connectivity index (χ1) is 8.78. The highest BCUT2D eigenvalue weighted by Gasteiger charge is 2.15. The topological polar surface area (TPSA) is 89.3 Å². The van der Waals surface area contributed by atoms with Gasteiger partial charge in [-0.05, 0) is 32.9 Å². The first-order valence-corrected chi connectivity index (χ1v) is 6.28. The number of anilines is 2. The zero-order valence-corrected chi connectivity index (χ0v) is 12.0. The molecule has 0 radical (unpaired) electrons. The van der Waals surface area contributed by atoms with Gasteiger partial charge >= 0.3 is 6.09 Å². The van der Waals surface area contributed by atoms with Gasteiger partial charge in [0.05, 0.1) is 5.69 Å². The predicted molar refractivity (Wildman–Crippen MR) is 76.4 cm³/mol. The zero-order chi connectivity index (χ0) is 14.5. The lowest BCUT2D eigenvalue weighted by Gasteiger charge is -2.19. The molecule has 1 rings (SSSR count). The van der Waals surface area contributed by atoms with Crippen LogP contribution in [0.1, 0.15) is 20.8 Å². The number of amides is 1. The number of pyridine rings is 1. The summed E-state index contributed by atoms with van der Waals surface area (Å²) in [6.45, 7) is 6.28. The number of nitrogen functional groups attached to an aromatic ring is 1. The van der Waals surface area contributed by atoms with E-state index in [0.717, 1.165) is 0 Å². The van der Waals surface area contributed by atoms with Crippen LogP contribution in [0.15, 0.2) is 12.1 Å². The largest absolute Gasteiger partial charge is 0.444 e. The molecule has 1 aromatic rings. The number of hydrogen-bond donors (Lipinski definition) is 3. The molecule has 0 atom stereocenters. The van der Waals surface area contributed by atoms with Crippen molar-refractivity contribution in [2.24, 2.45) is 0 Å². The Labute approximate surface area is 117 Å². The van der Waals surface area contributed by atoms with Gasteiger partial charge in [0, 0.05) is 13.1 Å². The number of aromatic nitrogens is 1. The Morgan fingerprint density at radius 1 is 1.42 bits per heavy atom. The van der Waals surface area contributed by atoms with Crippen LogP contribution in [0.2, 0.25) is 5.15 Å². The summed E-state index contributed by atoms with van der Waals surface area (Å²) >= 11 is 5.76. The molecule has 0 bridgehead atoms.